The molecule has 5 aliphatic rings. The molecule has 20 heavy (non-hydrogen) atoms. The first-order valence-corrected chi connectivity index (χ1v) is 9.07. The molecule has 5 saturated carbocycles. The molecular formula is C17H26ClNO. The average Bonchev–Trinajstić information content (AvgIpc) is 2.40. The Morgan fingerprint density at radius 2 is 1.40 bits per heavy atom. The van der Waals surface area contributed by atoms with Crippen LogP contribution in [0.1, 0.15) is 57.8 Å². The second-order valence-corrected chi connectivity index (χ2v) is 8.53. The van der Waals surface area contributed by atoms with E-state index in [4.69, 9.17) is 11.6 Å². The number of rotatable bonds is 2. The summed E-state index contributed by atoms with van der Waals surface area (Å²) in [7, 11) is 0. The molecule has 0 spiro atoms. The molecule has 0 aromatic carbocycles. The lowest BCUT2D eigenvalue weighted by Gasteiger charge is -2.53. The predicted molar refractivity (Wildman–Crippen MR) is 80.6 cm³/mol. The molecule has 5 aliphatic carbocycles. The van der Waals surface area contributed by atoms with Gasteiger partial charge in [0.2, 0.25) is 5.91 Å². The molecular weight excluding hydrogens is 270 g/mol. The van der Waals surface area contributed by atoms with Crippen molar-refractivity contribution >= 4 is 17.5 Å². The summed E-state index contributed by atoms with van der Waals surface area (Å²) >= 11 is 6.15. The molecule has 1 amide bonds. The van der Waals surface area contributed by atoms with Gasteiger partial charge in [0.15, 0.2) is 0 Å². The third kappa shape index (κ3) is 2.38. The summed E-state index contributed by atoms with van der Waals surface area (Å²) < 4.78 is 0. The lowest BCUT2D eigenvalue weighted by Crippen LogP contribution is -2.52. The van der Waals surface area contributed by atoms with E-state index in [1.54, 1.807) is 0 Å². The Morgan fingerprint density at radius 3 is 1.95 bits per heavy atom. The minimum Gasteiger partial charge on any atom is -0.353 e. The van der Waals surface area contributed by atoms with Crippen molar-refractivity contribution in [3.05, 3.63) is 0 Å². The van der Waals surface area contributed by atoms with Crippen molar-refractivity contribution in [1.29, 1.82) is 0 Å². The van der Waals surface area contributed by atoms with Gasteiger partial charge < -0.3 is 5.32 Å². The Morgan fingerprint density at radius 1 is 0.850 bits per heavy atom. The summed E-state index contributed by atoms with van der Waals surface area (Å²) in [6.07, 6.45) is 11.1. The molecule has 4 bridgehead atoms. The molecule has 0 aromatic rings. The molecule has 5 fully saturated rings. The number of hydrogen-bond donors (Lipinski definition) is 1. The van der Waals surface area contributed by atoms with Crippen molar-refractivity contribution in [2.75, 3.05) is 0 Å². The summed E-state index contributed by atoms with van der Waals surface area (Å²) in [5, 5.41) is 3.71. The van der Waals surface area contributed by atoms with Gasteiger partial charge >= 0.3 is 0 Å². The van der Waals surface area contributed by atoms with Crippen molar-refractivity contribution in [3.63, 3.8) is 0 Å². The smallest absolute Gasteiger partial charge is 0.223 e. The Kier molecular flexibility index (Phi) is 3.48. The first-order valence-electron chi connectivity index (χ1n) is 8.63. The van der Waals surface area contributed by atoms with E-state index in [-0.39, 0.29) is 0 Å². The van der Waals surface area contributed by atoms with Crippen molar-refractivity contribution < 1.29 is 4.79 Å². The minimum absolute atomic E-state index is 0.337. The number of hydrogen-bond acceptors (Lipinski definition) is 1. The van der Waals surface area contributed by atoms with Gasteiger partial charge in [-0.3, -0.25) is 4.79 Å². The van der Waals surface area contributed by atoms with Gasteiger partial charge in [-0.2, -0.15) is 0 Å². The molecule has 0 heterocycles. The fraction of sp³-hybridized carbons (Fsp3) is 0.941. The molecule has 1 N–H and O–H groups in total. The van der Waals surface area contributed by atoms with Crippen LogP contribution in [0, 0.1) is 29.6 Å². The van der Waals surface area contributed by atoms with E-state index in [2.05, 4.69) is 5.32 Å². The van der Waals surface area contributed by atoms with Crippen LogP contribution in [0.3, 0.4) is 0 Å². The van der Waals surface area contributed by atoms with Crippen LogP contribution in [0.4, 0.5) is 0 Å². The maximum atomic E-state index is 12.7. The first kappa shape index (κ1) is 13.4. The number of amides is 1. The molecule has 0 aromatic heterocycles. The van der Waals surface area contributed by atoms with E-state index >= 15 is 0 Å². The SMILES string of the molecule is O=C(NC1CCC(Cl)CC1)C1C2CC3CC(C2)CC1C3. The molecule has 0 atom stereocenters. The number of alkyl halides is 1. The Hall–Kier alpha value is -0.240. The summed E-state index contributed by atoms with van der Waals surface area (Å²) in [6, 6.07) is 0.398. The maximum absolute atomic E-state index is 12.7. The van der Waals surface area contributed by atoms with Crippen LogP contribution >= 0.6 is 11.6 Å². The summed E-state index contributed by atoms with van der Waals surface area (Å²) in [5.41, 5.74) is 0. The van der Waals surface area contributed by atoms with Crippen LogP contribution in [0.25, 0.3) is 0 Å². The van der Waals surface area contributed by atoms with Gasteiger partial charge in [-0.25, -0.2) is 0 Å². The average molecular weight is 296 g/mol. The predicted octanol–water partition coefficient (Wildman–Crippen LogP) is 3.72. The van der Waals surface area contributed by atoms with Crippen LogP contribution in [-0.2, 0) is 4.79 Å². The molecule has 0 unspecified atom stereocenters. The van der Waals surface area contributed by atoms with Crippen LogP contribution in [0.15, 0.2) is 0 Å². The molecule has 2 nitrogen and oxygen atoms in total. The lowest BCUT2D eigenvalue weighted by molar-refractivity contribution is -0.139. The van der Waals surface area contributed by atoms with Gasteiger partial charge in [0, 0.05) is 17.3 Å². The number of carbonyl (C=O) groups is 1. The van der Waals surface area contributed by atoms with Crippen molar-refractivity contribution in [2.45, 2.75) is 69.2 Å². The van der Waals surface area contributed by atoms with Crippen LogP contribution < -0.4 is 5.32 Å². The second-order valence-electron chi connectivity index (χ2n) is 7.91. The number of nitrogens with one attached hydrogen (secondary N) is 1. The fourth-order valence-corrected chi connectivity index (χ4v) is 6.10. The zero-order valence-corrected chi connectivity index (χ0v) is 12.9. The summed E-state index contributed by atoms with van der Waals surface area (Å²) in [4.78, 5) is 12.7. The van der Waals surface area contributed by atoms with Crippen molar-refractivity contribution in [2.24, 2.45) is 29.6 Å². The van der Waals surface area contributed by atoms with Gasteiger partial charge in [0.1, 0.15) is 0 Å². The van der Waals surface area contributed by atoms with Gasteiger partial charge in [0.05, 0.1) is 0 Å². The van der Waals surface area contributed by atoms with E-state index < -0.39 is 0 Å². The Bertz CT molecular complexity index is 360. The summed E-state index contributed by atoms with van der Waals surface area (Å²) in [5.74, 6) is 4.04. The minimum atomic E-state index is 0.337. The molecule has 3 heteroatoms. The molecule has 0 saturated heterocycles. The topological polar surface area (TPSA) is 29.1 Å². The van der Waals surface area contributed by atoms with Crippen molar-refractivity contribution in [3.8, 4) is 0 Å². The standard InChI is InChI=1S/C17H26ClNO/c18-14-1-3-15(4-2-14)19-17(20)16-12-6-10-5-11(8-12)9-13(16)7-10/h10-16H,1-9H2,(H,19,20). The molecule has 0 aliphatic heterocycles. The van der Waals surface area contributed by atoms with Crippen LogP contribution in [-0.4, -0.2) is 17.3 Å². The zero-order valence-electron chi connectivity index (χ0n) is 12.2. The van der Waals surface area contributed by atoms with Crippen LogP contribution in [0.2, 0.25) is 0 Å². The normalized spacial score (nSPS) is 50.1. The van der Waals surface area contributed by atoms with E-state index in [1.165, 1.54) is 32.1 Å². The third-order valence-corrected chi connectivity index (χ3v) is 6.97. The second kappa shape index (κ2) is 5.19. The largest absolute Gasteiger partial charge is 0.353 e. The molecule has 112 valence electrons. The van der Waals surface area contributed by atoms with Gasteiger partial charge in [-0.05, 0) is 81.5 Å². The highest BCUT2D eigenvalue weighted by atomic mass is 35.5. The van der Waals surface area contributed by atoms with E-state index in [9.17, 15) is 4.79 Å². The first-order chi connectivity index (χ1) is 9.69. The maximum Gasteiger partial charge on any atom is 0.223 e. The Labute approximate surface area is 127 Å². The van der Waals surface area contributed by atoms with E-state index in [0.29, 0.717) is 35.1 Å². The van der Waals surface area contributed by atoms with E-state index in [1.807, 2.05) is 0 Å². The highest BCUT2D eigenvalue weighted by Gasteiger charge is 2.50. The van der Waals surface area contributed by atoms with E-state index in [0.717, 1.165) is 37.5 Å². The lowest BCUT2D eigenvalue weighted by atomic mass is 9.51. The highest BCUT2D eigenvalue weighted by Crippen LogP contribution is 2.56. The van der Waals surface area contributed by atoms with Crippen molar-refractivity contribution in [1.82, 2.24) is 5.32 Å². The highest BCUT2D eigenvalue weighted by molar-refractivity contribution is 6.20. The van der Waals surface area contributed by atoms with Gasteiger partial charge in [0.25, 0.3) is 0 Å². The Balaban J connectivity index is 1.39. The third-order valence-electron chi connectivity index (χ3n) is 6.53. The number of halogens is 1. The quantitative estimate of drug-likeness (QED) is 0.773. The fourth-order valence-electron chi connectivity index (χ4n) is 5.85. The zero-order chi connectivity index (χ0) is 13.7. The molecule has 0 radical (unpaired) electrons. The summed E-state index contributed by atoms with van der Waals surface area (Å²) in [6.45, 7) is 0. The molecule has 5 rings (SSSR count). The number of carbonyl (C=O) groups excluding carboxylic acids is 1. The van der Waals surface area contributed by atoms with Gasteiger partial charge in [-0.15, -0.1) is 11.6 Å². The van der Waals surface area contributed by atoms with Gasteiger partial charge in [-0.1, -0.05) is 0 Å². The van der Waals surface area contributed by atoms with Crippen LogP contribution in [0.5, 0.6) is 0 Å². The monoisotopic (exact) mass is 295 g/mol.